The highest BCUT2D eigenvalue weighted by atomic mass is 32.2. The SMILES string of the molecule is O=C(NCc1csc(-c2ccccc2)n1)C1CSCN1C(=O)c1cccc(F)c1. The Bertz CT molecular complexity index is 1030. The summed E-state index contributed by atoms with van der Waals surface area (Å²) in [6, 6.07) is 14.8. The molecule has 5 nitrogen and oxygen atoms in total. The third-order valence-electron chi connectivity index (χ3n) is 4.53. The van der Waals surface area contributed by atoms with Crippen LogP contribution in [0, 0.1) is 5.82 Å². The molecule has 0 aliphatic carbocycles. The van der Waals surface area contributed by atoms with Gasteiger partial charge in [0.2, 0.25) is 5.91 Å². The first-order chi connectivity index (χ1) is 14.1. The molecule has 1 saturated heterocycles. The van der Waals surface area contributed by atoms with Crippen LogP contribution in [0.25, 0.3) is 10.6 Å². The van der Waals surface area contributed by atoms with E-state index in [1.54, 1.807) is 6.07 Å². The highest BCUT2D eigenvalue weighted by Crippen LogP contribution is 2.25. The number of rotatable bonds is 5. The normalized spacial score (nSPS) is 16.0. The summed E-state index contributed by atoms with van der Waals surface area (Å²) in [5, 5.41) is 5.69. The number of aromatic nitrogens is 1. The van der Waals surface area contributed by atoms with Crippen LogP contribution >= 0.6 is 23.1 Å². The Balaban J connectivity index is 1.39. The molecule has 1 aliphatic rings. The van der Waals surface area contributed by atoms with Crippen LogP contribution in [0.5, 0.6) is 0 Å². The summed E-state index contributed by atoms with van der Waals surface area (Å²) in [7, 11) is 0. The third kappa shape index (κ3) is 4.49. The molecule has 0 bridgehead atoms. The molecule has 1 aromatic heterocycles. The number of benzene rings is 2. The van der Waals surface area contributed by atoms with Crippen LogP contribution in [-0.2, 0) is 11.3 Å². The van der Waals surface area contributed by atoms with Crippen molar-refractivity contribution in [3.63, 3.8) is 0 Å². The summed E-state index contributed by atoms with van der Waals surface area (Å²) in [6.45, 7) is 0.297. The third-order valence-corrected chi connectivity index (χ3v) is 6.49. The molecule has 2 heterocycles. The fourth-order valence-electron chi connectivity index (χ4n) is 3.04. The molecule has 148 valence electrons. The van der Waals surface area contributed by atoms with Gasteiger partial charge in [-0.1, -0.05) is 36.4 Å². The number of carbonyl (C=O) groups is 2. The molecule has 1 N–H and O–H groups in total. The van der Waals surface area contributed by atoms with Crippen LogP contribution in [0.15, 0.2) is 60.0 Å². The Morgan fingerprint density at radius 3 is 2.79 bits per heavy atom. The van der Waals surface area contributed by atoms with E-state index in [1.807, 2.05) is 35.7 Å². The number of thiazole rings is 1. The summed E-state index contributed by atoms with van der Waals surface area (Å²) >= 11 is 3.03. The van der Waals surface area contributed by atoms with Crippen molar-refractivity contribution in [1.29, 1.82) is 0 Å². The Morgan fingerprint density at radius 1 is 1.17 bits per heavy atom. The van der Waals surface area contributed by atoms with Crippen LogP contribution in [0.4, 0.5) is 4.39 Å². The molecule has 1 fully saturated rings. The number of hydrogen-bond donors (Lipinski definition) is 1. The monoisotopic (exact) mass is 427 g/mol. The Morgan fingerprint density at radius 2 is 2.00 bits per heavy atom. The van der Waals surface area contributed by atoms with Gasteiger partial charge in [-0.2, -0.15) is 0 Å². The van der Waals surface area contributed by atoms with E-state index < -0.39 is 11.9 Å². The molecule has 2 amide bonds. The first kappa shape index (κ1) is 19.6. The molecule has 3 aromatic rings. The van der Waals surface area contributed by atoms with Crippen LogP contribution in [-0.4, -0.2) is 39.4 Å². The van der Waals surface area contributed by atoms with Crippen molar-refractivity contribution in [2.24, 2.45) is 0 Å². The van der Waals surface area contributed by atoms with Gasteiger partial charge in [0, 0.05) is 22.3 Å². The zero-order chi connectivity index (χ0) is 20.2. The number of hydrogen-bond acceptors (Lipinski definition) is 5. The Kier molecular flexibility index (Phi) is 5.92. The van der Waals surface area contributed by atoms with E-state index in [0.29, 0.717) is 18.2 Å². The van der Waals surface area contributed by atoms with Gasteiger partial charge in [-0.3, -0.25) is 9.59 Å². The number of amides is 2. The van der Waals surface area contributed by atoms with Crippen molar-refractivity contribution in [2.45, 2.75) is 12.6 Å². The maximum atomic E-state index is 13.4. The van der Waals surface area contributed by atoms with Gasteiger partial charge in [0.05, 0.1) is 18.1 Å². The second-order valence-corrected chi connectivity index (χ2v) is 8.39. The molecule has 0 radical (unpaired) electrons. The Labute approximate surface area is 176 Å². The topological polar surface area (TPSA) is 62.3 Å². The lowest BCUT2D eigenvalue weighted by molar-refractivity contribution is -0.124. The van der Waals surface area contributed by atoms with Crippen LogP contribution in [0.2, 0.25) is 0 Å². The van der Waals surface area contributed by atoms with Crippen molar-refractivity contribution in [1.82, 2.24) is 15.2 Å². The maximum absolute atomic E-state index is 13.4. The molecule has 4 rings (SSSR count). The van der Waals surface area contributed by atoms with E-state index in [-0.39, 0.29) is 17.4 Å². The van der Waals surface area contributed by atoms with Gasteiger partial charge in [-0.15, -0.1) is 23.1 Å². The average molecular weight is 428 g/mol. The first-order valence-corrected chi connectivity index (χ1v) is 11.1. The lowest BCUT2D eigenvalue weighted by Crippen LogP contribution is -2.47. The quantitative estimate of drug-likeness (QED) is 0.673. The van der Waals surface area contributed by atoms with E-state index in [4.69, 9.17) is 0 Å². The van der Waals surface area contributed by atoms with Gasteiger partial charge < -0.3 is 10.2 Å². The zero-order valence-corrected chi connectivity index (χ0v) is 17.0. The molecule has 1 aliphatic heterocycles. The van der Waals surface area contributed by atoms with Gasteiger partial charge in [-0.05, 0) is 18.2 Å². The molecular weight excluding hydrogens is 409 g/mol. The number of halogens is 1. The smallest absolute Gasteiger partial charge is 0.255 e. The van der Waals surface area contributed by atoms with Crippen LogP contribution in [0.1, 0.15) is 16.1 Å². The highest BCUT2D eigenvalue weighted by molar-refractivity contribution is 7.99. The van der Waals surface area contributed by atoms with Gasteiger partial charge in [0.15, 0.2) is 0 Å². The molecule has 1 unspecified atom stereocenters. The maximum Gasteiger partial charge on any atom is 0.255 e. The average Bonchev–Trinajstić information content (AvgIpc) is 3.42. The molecular formula is C21H18FN3O2S2. The summed E-state index contributed by atoms with van der Waals surface area (Å²) in [5.41, 5.74) is 2.06. The number of carbonyl (C=O) groups excluding carboxylic acids is 2. The predicted molar refractivity (Wildman–Crippen MR) is 113 cm³/mol. The Hall–Kier alpha value is -2.71. The summed E-state index contributed by atoms with van der Waals surface area (Å²) in [4.78, 5) is 31.5. The standard InChI is InChI=1S/C21H18FN3O2S2/c22-16-8-4-7-15(9-16)21(27)25-13-28-12-18(25)19(26)23-10-17-11-29-20(24-17)14-5-2-1-3-6-14/h1-9,11,18H,10,12-13H2,(H,23,26). The molecule has 0 saturated carbocycles. The van der Waals surface area contributed by atoms with Crippen LogP contribution in [0.3, 0.4) is 0 Å². The first-order valence-electron chi connectivity index (χ1n) is 9.03. The zero-order valence-electron chi connectivity index (χ0n) is 15.4. The van der Waals surface area contributed by atoms with Gasteiger partial charge in [0.25, 0.3) is 5.91 Å². The number of nitrogens with one attached hydrogen (secondary N) is 1. The lowest BCUT2D eigenvalue weighted by Gasteiger charge is -2.23. The van der Waals surface area contributed by atoms with Crippen molar-refractivity contribution in [3.8, 4) is 10.6 Å². The fourth-order valence-corrected chi connectivity index (χ4v) is 5.02. The minimum atomic E-state index is -0.581. The van der Waals surface area contributed by atoms with Crippen molar-refractivity contribution >= 4 is 34.9 Å². The minimum absolute atomic E-state index is 0.228. The predicted octanol–water partition coefficient (Wildman–Crippen LogP) is 3.78. The number of thioether (sulfide) groups is 1. The van der Waals surface area contributed by atoms with E-state index in [0.717, 1.165) is 16.3 Å². The second-order valence-electron chi connectivity index (χ2n) is 6.53. The highest BCUT2D eigenvalue weighted by Gasteiger charge is 2.35. The van der Waals surface area contributed by atoms with Gasteiger partial charge in [-0.25, -0.2) is 9.37 Å². The minimum Gasteiger partial charge on any atom is -0.349 e. The van der Waals surface area contributed by atoms with Gasteiger partial charge in [0.1, 0.15) is 16.9 Å². The molecule has 0 spiro atoms. The molecule has 1 atom stereocenters. The van der Waals surface area contributed by atoms with Crippen molar-refractivity contribution in [2.75, 3.05) is 11.6 Å². The molecule has 8 heteroatoms. The van der Waals surface area contributed by atoms with Crippen LogP contribution < -0.4 is 5.32 Å². The largest absolute Gasteiger partial charge is 0.349 e. The summed E-state index contributed by atoms with van der Waals surface area (Å²) in [6.07, 6.45) is 0. The summed E-state index contributed by atoms with van der Waals surface area (Å²) in [5.74, 6) is -0.119. The van der Waals surface area contributed by atoms with E-state index in [2.05, 4.69) is 10.3 Å². The second kappa shape index (κ2) is 8.75. The van der Waals surface area contributed by atoms with Gasteiger partial charge >= 0.3 is 0 Å². The van der Waals surface area contributed by atoms with E-state index in [1.165, 1.54) is 46.2 Å². The molecule has 29 heavy (non-hydrogen) atoms. The van der Waals surface area contributed by atoms with E-state index in [9.17, 15) is 14.0 Å². The summed E-state index contributed by atoms with van der Waals surface area (Å²) < 4.78 is 13.4. The number of nitrogens with zero attached hydrogens (tertiary/aromatic N) is 2. The van der Waals surface area contributed by atoms with Crippen molar-refractivity contribution < 1.29 is 14.0 Å². The lowest BCUT2D eigenvalue weighted by atomic mass is 10.1. The van der Waals surface area contributed by atoms with Crippen molar-refractivity contribution in [3.05, 3.63) is 77.1 Å². The van der Waals surface area contributed by atoms with E-state index >= 15 is 0 Å². The fraction of sp³-hybridized carbons (Fsp3) is 0.190. The molecule has 2 aromatic carbocycles.